The Hall–Kier alpha value is -4.45. The molecule has 0 aromatic carbocycles. The van der Waals surface area contributed by atoms with Crippen molar-refractivity contribution in [3.8, 4) is 0 Å². The zero-order valence-corrected chi connectivity index (χ0v) is 49.2. The molecule has 0 heterocycles. The summed E-state index contributed by atoms with van der Waals surface area (Å²) in [6.07, 6.45) is 88.9. The average Bonchev–Trinajstić information content (AvgIpc) is 3.42. The van der Waals surface area contributed by atoms with Crippen molar-refractivity contribution < 1.29 is 28.6 Å². The van der Waals surface area contributed by atoms with Crippen molar-refractivity contribution in [2.24, 2.45) is 0 Å². The van der Waals surface area contributed by atoms with Gasteiger partial charge in [-0.3, -0.25) is 14.4 Å². The van der Waals surface area contributed by atoms with Crippen LogP contribution in [0.4, 0.5) is 0 Å². The van der Waals surface area contributed by atoms with Gasteiger partial charge in [0.25, 0.3) is 0 Å². The summed E-state index contributed by atoms with van der Waals surface area (Å²) in [5, 5.41) is 0. The fourth-order valence-corrected chi connectivity index (χ4v) is 8.30. The van der Waals surface area contributed by atoms with E-state index in [-0.39, 0.29) is 31.1 Å². The van der Waals surface area contributed by atoms with Crippen LogP contribution in [0.1, 0.15) is 271 Å². The maximum absolute atomic E-state index is 12.8. The first-order valence-electron chi connectivity index (χ1n) is 31.2. The van der Waals surface area contributed by atoms with Crippen molar-refractivity contribution in [3.05, 3.63) is 134 Å². The highest BCUT2D eigenvalue weighted by Crippen LogP contribution is 2.15. The van der Waals surface area contributed by atoms with Crippen LogP contribution in [0, 0.1) is 0 Å². The van der Waals surface area contributed by atoms with E-state index >= 15 is 0 Å². The summed E-state index contributed by atoms with van der Waals surface area (Å²) in [4.78, 5) is 38.1. The lowest BCUT2D eigenvalue weighted by Crippen LogP contribution is -2.30. The number of unbranched alkanes of at least 4 members (excludes halogenated alkanes) is 22. The zero-order chi connectivity index (χ0) is 55.0. The Morgan fingerprint density at radius 2 is 0.513 bits per heavy atom. The predicted octanol–water partition coefficient (Wildman–Crippen LogP) is 21.4. The molecule has 0 aromatic rings. The summed E-state index contributed by atoms with van der Waals surface area (Å²) >= 11 is 0. The Bertz CT molecular complexity index is 1630. The Kier molecular flexibility index (Phi) is 59.4. The van der Waals surface area contributed by atoms with E-state index in [1.54, 1.807) is 0 Å². The molecule has 0 spiro atoms. The molecule has 0 bridgehead atoms. The van der Waals surface area contributed by atoms with E-state index in [0.717, 1.165) is 154 Å². The van der Waals surface area contributed by atoms with Gasteiger partial charge in [0.15, 0.2) is 6.10 Å². The van der Waals surface area contributed by atoms with Crippen molar-refractivity contribution in [2.75, 3.05) is 13.2 Å². The summed E-state index contributed by atoms with van der Waals surface area (Å²) in [7, 11) is 0. The van der Waals surface area contributed by atoms with Crippen LogP contribution < -0.4 is 0 Å². The lowest BCUT2D eigenvalue weighted by Gasteiger charge is -2.18. The first kappa shape index (κ1) is 71.5. The first-order valence-corrected chi connectivity index (χ1v) is 31.2. The molecule has 1 unspecified atom stereocenters. The van der Waals surface area contributed by atoms with Gasteiger partial charge in [-0.15, -0.1) is 0 Å². The second-order valence-corrected chi connectivity index (χ2v) is 20.2. The van der Waals surface area contributed by atoms with Crippen LogP contribution in [0.2, 0.25) is 0 Å². The number of ether oxygens (including phenoxy) is 3. The zero-order valence-electron chi connectivity index (χ0n) is 49.2. The number of hydrogen-bond acceptors (Lipinski definition) is 6. The summed E-state index contributed by atoms with van der Waals surface area (Å²) in [5.74, 6) is -0.916. The van der Waals surface area contributed by atoms with Crippen LogP contribution in [0.15, 0.2) is 134 Å². The molecule has 0 radical (unpaired) electrons. The molecule has 0 saturated heterocycles. The van der Waals surface area contributed by atoms with E-state index < -0.39 is 6.10 Å². The number of esters is 3. The maximum Gasteiger partial charge on any atom is 0.306 e. The maximum atomic E-state index is 12.8. The number of carbonyl (C=O) groups excluding carboxylic acids is 3. The highest BCUT2D eigenvalue weighted by molar-refractivity contribution is 5.71. The van der Waals surface area contributed by atoms with E-state index in [1.165, 1.54) is 77.0 Å². The molecule has 0 aliphatic heterocycles. The quantitative estimate of drug-likeness (QED) is 0.0261. The van der Waals surface area contributed by atoms with Gasteiger partial charge in [0.05, 0.1) is 0 Å². The van der Waals surface area contributed by atoms with Crippen LogP contribution in [-0.4, -0.2) is 37.2 Å². The largest absolute Gasteiger partial charge is 0.462 e. The number of carbonyl (C=O) groups is 3. The van der Waals surface area contributed by atoms with Crippen molar-refractivity contribution in [1.82, 2.24) is 0 Å². The average molecular weight is 1050 g/mol. The van der Waals surface area contributed by atoms with E-state index in [4.69, 9.17) is 14.2 Å². The summed E-state index contributed by atoms with van der Waals surface area (Å²) in [6.45, 7) is 6.38. The SMILES string of the molecule is CC/C=C\C/C=C\C/C=C\C/C=C\C/C=C\C/C=C\C/C=C\C/C=C\CCCCCCCCCCC(=O)OCC(COC(=O)CCCCCCCCCCCC)OC(=O)CCCCCCC/C=C\C/C=C\C/C=C\CC. The standard InChI is InChI=1S/C70H114O6/c1-4-7-10-13-16-19-22-24-26-27-28-29-30-31-32-33-34-35-36-37-38-39-40-41-42-43-45-46-48-51-54-57-60-63-69(72)75-66-67(65-74-68(71)62-59-56-53-50-21-18-15-12-9-6-3)76-70(73)64-61-58-55-52-49-47-44-25-23-20-17-14-11-8-5-2/h7-8,10-11,16-17,19-20,24-26,28-29,31-32,34-35,37-38,40-41,44,67H,4-6,9,12-15,18,21-23,27,30,33,36,39,42-43,45-66H2,1-3H3/b10-7-,11-8-,19-16-,20-17-,26-24-,29-28-,32-31-,35-34-,38-37-,41-40-,44-25-. The van der Waals surface area contributed by atoms with Gasteiger partial charge in [-0.05, 0) is 116 Å². The molecule has 6 nitrogen and oxygen atoms in total. The van der Waals surface area contributed by atoms with Crippen molar-refractivity contribution in [1.29, 1.82) is 0 Å². The van der Waals surface area contributed by atoms with Crippen molar-refractivity contribution in [3.63, 3.8) is 0 Å². The van der Waals surface area contributed by atoms with E-state index in [0.29, 0.717) is 19.3 Å². The second kappa shape index (κ2) is 63.1. The van der Waals surface area contributed by atoms with Gasteiger partial charge >= 0.3 is 17.9 Å². The smallest absolute Gasteiger partial charge is 0.306 e. The molecular weight excluding hydrogens is 937 g/mol. The first-order chi connectivity index (χ1) is 37.5. The van der Waals surface area contributed by atoms with Gasteiger partial charge < -0.3 is 14.2 Å². The molecular formula is C70H114O6. The molecule has 0 aliphatic carbocycles. The fourth-order valence-electron chi connectivity index (χ4n) is 8.30. The third-order valence-electron chi connectivity index (χ3n) is 12.9. The highest BCUT2D eigenvalue weighted by atomic mass is 16.6. The minimum absolute atomic E-state index is 0.0885. The summed E-state index contributed by atoms with van der Waals surface area (Å²) in [6, 6.07) is 0. The Morgan fingerprint density at radius 3 is 0.803 bits per heavy atom. The molecule has 0 aromatic heterocycles. The summed E-state index contributed by atoms with van der Waals surface area (Å²) in [5.41, 5.74) is 0. The number of rotatable bonds is 55. The summed E-state index contributed by atoms with van der Waals surface area (Å²) < 4.78 is 16.8. The lowest BCUT2D eigenvalue weighted by molar-refractivity contribution is -0.167. The van der Waals surface area contributed by atoms with Crippen molar-refractivity contribution >= 4 is 17.9 Å². The van der Waals surface area contributed by atoms with Crippen molar-refractivity contribution in [2.45, 2.75) is 277 Å². The van der Waals surface area contributed by atoms with Crippen LogP contribution in [0.25, 0.3) is 0 Å². The van der Waals surface area contributed by atoms with Gasteiger partial charge in [-0.1, -0.05) is 270 Å². The van der Waals surface area contributed by atoms with Gasteiger partial charge in [-0.2, -0.15) is 0 Å². The second-order valence-electron chi connectivity index (χ2n) is 20.2. The van der Waals surface area contributed by atoms with Crippen LogP contribution in [-0.2, 0) is 28.6 Å². The Morgan fingerprint density at radius 1 is 0.276 bits per heavy atom. The van der Waals surface area contributed by atoms with Crippen LogP contribution in [0.5, 0.6) is 0 Å². The molecule has 0 saturated carbocycles. The minimum Gasteiger partial charge on any atom is -0.462 e. The molecule has 6 heteroatoms. The molecule has 430 valence electrons. The number of allylic oxidation sites excluding steroid dienone is 22. The third kappa shape index (κ3) is 60.4. The minimum atomic E-state index is -0.792. The monoisotopic (exact) mass is 1050 g/mol. The molecule has 0 aliphatic rings. The van der Waals surface area contributed by atoms with Gasteiger partial charge in [0.2, 0.25) is 0 Å². The van der Waals surface area contributed by atoms with Crippen LogP contribution in [0.3, 0.4) is 0 Å². The predicted molar refractivity (Wildman–Crippen MR) is 329 cm³/mol. The number of hydrogen-bond donors (Lipinski definition) is 0. The van der Waals surface area contributed by atoms with Gasteiger partial charge in [0.1, 0.15) is 13.2 Å². The molecule has 1 atom stereocenters. The molecule has 0 N–H and O–H groups in total. The highest BCUT2D eigenvalue weighted by Gasteiger charge is 2.19. The molecule has 0 fully saturated rings. The van der Waals surface area contributed by atoms with Gasteiger partial charge in [-0.25, -0.2) is 0 Å². The molecule has 76 heavy (non-hydrogen) atoms. The lowest BCUT2D eigenvalue weighted by atomic mass is 10.1. The van der Waals surface area contributed by atoms with E-state index in [1.807, 2.05) is 0 Å². The molecule has 0 rings (SSSR count). The Balaban J connectivity index is 4.23. The topological polar surface area (TPSA) is 78.9 Å². The molecule has 0 amide bonds. The Labute approximate surface area is 468 Å². The van der Waals surface area contributed by atoms with Crippen LogP contribution >= 0.6 is 0 Å². The van der Waals surface area contributed by atoms with Gasteiger partial charge in [0, 0.05) is 19.3 Å². The third-order valence-corrected chi connectivity index (χ3v) is 12.9. The van der Waals surface area contributed by atoms with E-state index in [9.17, 15) is 14.4 Å². The van der Waals surface area contributed by atoms with E-state index in [2.05, 4.69) is 154 Å². The fraction of sp³-hybridized carbons (Fsp3) is 0.643. The normalized spacial score (nSPS) is 13.0.